The van der Waals surface area contributed by atoms with Crippen molar-refractivity contribution in [1.29, 1.82) is 0 Å². The second-order valence-electron chi connectivity index (χ2n) is 6.09. The van der Waals surface area contributed by atoms with E-state index in [0.717, 1.165) is 37.2 Å². The van der Waals surface area contributed by atoms with Crippen molar-refractivity contribution in [3.05, 3.63) is 69.8 Å². The third kappa shape index (κ3) is 5.91. The summed E-state index contributed by atoms with van der Waals surface area (Å²) >= 11 is 0. The Hall–Kier alpha value is -3.22. The molecule has 0 aliphatic carbocycles. The van der Waals surface area contributed by atoms with E-state index in [2.05, 4.69) is 29.3 Å². The van der Waals surface area contributed by atoms with Gasteiger partial charge in [0.2, 0.25) is 0 Å². The molecule has 1 N–H and O–H groups in total. The molecule has 0 fully saturated rings. The van der Waals surface area contributed by atoms with E-state index in [1.165, 1.54) is 24.3 Å². The molecule has 1 amide bonds. The molecule has 0 bridgehead atoms. The molecule has 0 aliphatic heterocycles. The molecule has 2 rings (SSSR count). The number of nitrogens with zero attached hydrogens (tertiary/aromatic N) is 3. The zero-order valence-electron chi connectivity index (χ0n) is 15.6. The number of carbonyl (C=O) groups excluding carboxylic acids is 1. The third-order valence-electron chi connectivity index (χ3n) is 3.94. The van der Waals surface area contributed by atoms with Crippen molar-refractivity contribution in [2.24, 2.45) is 5.10 Å². The first-order valence-corrected chi connectivity index (χ1v) is 8.98. The Bertz CT molecular complexity index is 797. The van der Waals surface area contributed by atoms with Crippen LogP contribution in [0, 0.1) is 10.1 Å². The summed E-state index contributed by atoms with van der Waals surface area (Å²) in [7, 11) is 0. The second-order valence-corrected chi connectivity index (χ2v) is 6.09. The number of hydrogen-bond donors (Lipinski definition) is 1. The van der Waals surface area contributed by atoms with Crippen molar-refractivity contribution in [2.45, 2.75) is 26.7 Å². The van der Waals surface area contributed by atoms with E-state index in [0.29, 0.717) is 0 Å². The summed E-state index contributed by atoms with van der Waals surface area (Å²) < 4.78 is 0. The van der Waals surface area contributed by atoms with E-state index in [4.69, 9.17) is 0 Å². The van der Waals surface area contributed by atoms with Crippen LogP contribution in [0.15, 0.2) is 53.6 Å². The van der Waals surface area contributed by atoms with Gasteiger partial charge in [0.25, 0.3) is 11.6 Å². The highest BCUT2D eigenvalue weighted by Crippen LogP contribution is 2.16. The summed E-state index contributed by atoms with van der Waals surface area (Å²) in [4.78, 5) is 24.6. The predicted molar refractivity (Wildman–Crippen MR) is 107 cm³/mol. The number of rotatable bonds is 9. The van der Waals surface area contributed by atoms with Gasteiger partial charge in [0, 0.05) is 36.5 Å². The van der Waals surface area contributed by atoms with Crippen LogP contribution in [0.2, 0.25) is 0 Å². The third-order valence-corrected chi connectivity index (χ3v) is 3.94. The van der Waals surface area contributed by atoms with Gasteiger partial charge in [0.15, 0.2) is 0 Å². The van der Waals surface area contributed by atoms with Gasteiger partial charge in [-0.3, -0.25) is 14.9 Å². The molecule has 0 atom stereocenters. The van der Waals surface area contributed by atoms with Crippen molar-refractivity contribution in [2.75, 3.05) is 18.0 Å². The Morgan fingerprint density at radius 1 is 1.15 bits per heavy atom. The number of anilines is 1. The summed E-state index contributed by atoms with van der Waals surface area (Å²) in [5.41, 5.74) is 4.46. The number of hydrazone groups is 1. The zero-order chi connectivity index (χ0) is 19.6. The van der Waals surface area contributed by atoms with Gasteiger partial charge in [-0.15, -0.1) is 0 Å². The van der Waals surface area contributed by atoms with Crippen molar-refractivity contribution >= 4 is 23.5 Å². The van der Waals surface area contributed by atoms with E-state index >= 15 is 0 Å². The fourth-order valence-corrected chi connectivity index (χ4v) is 2.67. The first kappa shape index (κ1) is 20.1. The summed E-state index contributed by atoms with van der Waals surface area (Å²) in [6.07, 6.45) is 3.72. The van der Waals surface area contributed by atoms with Crippen LogP contribution in [0.25, 0.3) is 0 Å². The maximum atomic E-state index is 12.0. The fourth-order valence-electron chi connectivity index (χ4n) is 2.67. The van der Waals surface area contributed by atoms with E-state index in [9.17, 15) is 14.9 Å². The van der Waals surface area contributed by atoms with E-state index < -0.39 is 10.8 Å². The lowest BCUT2D eigenvalue weighted by molar-refractivity contribution is -0.384. The molecule has 0 aromatic heterocycles. The Morgan fingerprint density at radius 2 is 1.81 bits per heavy atom. The van der Waals surface area contributed by atoms with Crippen molar-refractivity contribution in [3.8, 4) is 0 Å². The highest BCUT2D eigenvalue weighted by molar-refractivity contribution is 5.95. The topological polar surface area (TPSA) is 87.8 Å². The number of nitro benzene ring substituents is 1. The Balaban J connectivity index is 1.98. The highest BCUT2D eigenvalue weighted by Gasteiger charge is 2.10. The van der Waals surface area contributed by atoms with Crippen LogP contribution < -0.4 is 10.3 Å². The number of amides is 1. The van der Waals surface area contributed by atoms with Crippen LogP contribution >= 0.6 is 0 Å². The van der Waals surface area contributed by atoms with Crippen LogP contribution in [-0.2, 0) is 0 Å². The molecule has 0 spiro atoms. The van der Waals surface area contributed by atoms with Gasteiger partial charge in [-0.1, -0.05) is 32.0 Å². The molecular weight excluding hydrogens is 344 g/mol. The SMILES string of the molecule is CCCN(CCC)c1ccc(/C=N/NC(=O)c2cccc([N+](=O)[O-])c2)cc1. The summed E-state index contributed by atoms with van der Waals surface area (Å²) in [5.74, 6) is -0.497. The number of benzene rings is 2. The zero-order valence-corrected chi connectivity index (χ0v) is 15.6. The van der Waals surface area contributed by atoms with Gasteiger partial charge in [-0.2, -0.15) is 5.10 Å². The maximum absolute atomic E-state index is 12.0. The van der Waals surface area contributed by atoms with Gasteiger partial charge < -0.3 is 4.90 Å². The Labute approximate surface area is 158 Å². The molecule has 0 heterocycles. The first-order valence-electron chi connectivity index (χ1n) is 8.98. The molecule has 0 radical (unpaired) electrons. The molecule has 142 valence electrons. The quantitative estimate of drug-likeness (QED) is 0.412. The number of nitro groups is 1. The lowest BCUT2D eigenvalue weighted by Crippen LogP contribution is -2.24. The van der Waals surface area contributed by atoms with Crippen LogP contribution in [0.3, 0.4) is 0 Å². The van der Waals surface area contributed by atoms with Crippen LogP contribution in [0.4, 0.5) is 11.4 Å². The standard InChI is InChI=1S/C20H24N4O3/c1-3-12-23(13-4-2)18-10-8-16(9-11-18)15-21-22-20(25)17-6-5-7-19(14-17)24(26)27/h5-11,14-15H,3-4,12-13H2,1-2H3,(H,22,25)/b21-15+. The lowest BCUT2D eigenvalue weighted by Gasteiger charge is -2.23. The van der Waals surface area contributed by atoms with Crippen molar-refractivity contribution in [3.63, 3.8) is 0 Å². The number of carbonyl (C=O) groups is 1. The van der Waals surface area contributed by atoms with E-state index in [1.807, 2.05) is 24.3 Å². The molecule has 0 saturated carbocycles. The molecule has 27 heavy (non-hydrogen) atoms. The van der Waals surface area contributed by atoms with Crippen molar-refractivity contribution < 1.29 is 9.72 Å². The van der Waals surface area contributed by atoms with Gasteiger partial charge in [0.1, 0.15) is 0 Å². The molecular formula is C20H24N4O3. The monoisotopic (exact) mass is 368 g/mol. The average molecular weight is 368 g/mol. The van der Waals surface area contributed by atoms with Crippen LogP contribution in [0.1, 0.15) is 42.6 Å². The molecule has 2 aromatic rings. The molecule has 2 aromatic carbocycles. The first-order chi connectivity index (χ1) is 13.0. The predicted octanol–water partition coefficient (Wildman–Crippen LogP) is 3.99. The summed E-state index contributed by atoms with van der Waals surface area (Å²) in [6, 6.07) is 13.5. The Kier molecular flexibility index (Phi) is 7.49. The normalized spacial score (nSPS) is 10.7. The minimum atomic E-state index is -0.540. The number of nitrogens with one attached hydrogen (secondary N) is 1. The van der Waals surface area contributed by atoms with Gasteiger partial charge in [0.05, 0.1) is 11.1 Å². The molecule has 7 heteroatoms. The summed E-state index contributed by atoms with van der Waals surface area (Å²) in [5, 5.41) is 14.7. The van der Waals surface area contributed by atoms with E-state index in [-0.39, 0.29) is 11.3 Å². The van der Waals surface area contributed by atoms with Gasteiger partial charge in [-0.25, -0.2) is 5.43 Å². The van der Waals surface area contributed by atoms with E-state index in [1.54, 1.807) is 6.21 Å². The molecule has 0 unspecified atom stereocenters. The number of non-ortho nitro benzene ring substituents is 1. The van der Waals surface area contributed by atoms with Gasteiger partial charge in [-0.05, 0) is 36.6 Å². The minimum absolute atomic E-state index is 0.133. The highest BCUT2D eigenvalue weighted by atomic mass is 16.6. The minimum Gasteiger partial charge on any atom is -0.372 e. The van der Waals surface area contributed by atoms with Crippen LogP contribution in [0.5, 0.6) is 0 Å². The van der Waals surface area contributed by atoms with Crippen molar-refractivity contribution in [1.82, 2.24) is 5.43 Å². The Morgan fingerprint density at radius 3 is 2.41 bits per heavy atom. The molecule has 0 aliphatic rings. The average Bonchev–Trinajstić information content (AvgIpc) is 2.68. The van der Waals surface area contributed by atoms with Crippen LogP contribution in [-0.4, -0.2) is 30.1 Å². The molecule has 7 nitrogen and oxygen atoms in total. The second kappa shape index (κ2) is 10.1. The number of hydrogen-bond acceptors (Lipinski definition) is 5. The maximum Gasteiger partial charge on any atom is 0.271 e. The lowest BCUT2D eigenvalue weighted by atomic mass is 10.2. The largest absolute Gasteiger partial charge is 0.372 e. The summed E-state index contributed by atoms with van der Waals surface area (Å²) in [6.45, 7) is 6.35. The molecule has 0 saturated heterocycles. The smallest absolute Gasteiger partial charge is 0.271 e. The fraction of sp³-hybridized carbons (Fsp3) is 0.300. The van der Waals surface area contributed by atoms with Gasteiger partial charge >= 0.3 is 0 Å².